The number of Topliss-reactive ketones (excluding diaryl/α,β-unsaturated/α-hetero) is 2. The Morgan fingerprint density at radius 1 is 0.800 bits per heavy atom. The van der Waals surface area contributed by atoms with Crippen molar-refractivity contribution in [3.63, 3.8) is 0 Å². The van der Waals surface area contributed by atoms with Crippen molar-refractivity contribution in [2.45, 2.75) is 112 Å². The Hall–Kier alpha value is -1.03. The summed E-state index contributed by atoms with van der Waals surface area (Å²) in [6, 6.07) is 4.21. The molecule has 0 N–H and O–H groups in total. The van der Waals surface area contributed by atoms with Crippen LogP contribution < -0.4 is 21.5 Å². The number of ketones is 2. The second-order valence-electron chi connectivity index (χ2n) is 10.6. The molecule has 0 spiro atoms. The van der Waals surface area contributed by atoms with E-state index < -0.39 is 0 Å². The summed E-state index contributed by atoms with van der Waals surface area (Å²) < 4.78 is 2.22. The van der Waals surface area contributed by atoms with Crippen molar-refractivity contribution in [3.05, 3.63) is 30.1 Å². The molecule has 0 aliphatic rings. The number of aromatic nitrogens is 1. The van der Waals surface area contributed by atoms with Crippen LogP contribution in [-0.4, -0.2) is 11.6 Å². The summed E-state index contributed by atoms with van der Waals surface area (Å²) >= 11 is 0. The van der Waals surface area contributed by atoms with Crippen LogP contribution >= 0.6 is 0 Å². The molecular weight excluding hydrogens is 438 g/mol. The molecule has 0 aliphatic heterocycles. The average Bonchev–Trinajstić information content (AvgIpc) is 2.63. The Morgan fingerprint density at radius 3 is 1.67 bits per heavy atom. The quantitative estimate of drug-likeness (QED) is 0.338. The predicted molar refractivity (Wildman–Crippen MR) is 121 cm³/mol. The molecule has 0 atom stereocenters. The highest BCUT2D eigenvalue weighted by Crippen LogP contribution is 2.31. The van der Waals surface area contributed by atoms with Crippen LogP contribution in [0.25, 0.3) is 0 Å². The van der Waals surface area contributed by atoms with Crippen molar-refractivity contribution < 1.29 is 31.1 Å². The number of carbonyl (C=O) groups excluding carboxylic acids is 2. The average molecular weight is 483 g/mol. The van der Waals surface area contributed by atoms with E-state index in [-0.39, 0.29) is 45.3 Å². The maximum Gasteiger partial charge on any atom is 0.169 e. The van der Waals surface area contributed by atoms with Gasteiger partial charge < -0.3 is 17.0 Å². The minimum absolute atomic E-state index is 0. The number of nitrogens with zero attached hydrogens (tertiary/aromatic N) is 1. The number of hydrogen-bond donors (Lipinski definition) is 0. The number of unbranched alkanes of at least 4 members (excludes halogenated alkanes) is 5. The van der Waals surface area contributed by atoms with Gasteiger partial charge in [-0.25, -0.2) is 4.57 Å². The molecule has 3 nitrogen and oxygen atoms in total. The lowest BCUT2D eigenvalue weighted by Gasteiger charge is -2.24. The van der Waals surface area contributed by atoms with Gasteiger partial charge in [0.1, 0.15) is 18.1 Å². The molecule has 1 heterocycles. The molecule has 172 valence electrons. The molecule has 0 bridgehead atoms. The number of halogens is 1. The summed E-state index contributed by atoms with van der Waals surface area (Å²) in [5.74, 6) is 0.387. The van der Waals surface area contributed by atoms with Gasteiger partial charge in [-0.15, -0.1) is 0 Å². The van der Waals surface area contributed by atoms with E-state index in [9.17, 15) is 9.59 Å². The maximum atomic E-state index is 12.7. The molecule has 0 aromatic carbocycles. The third-order valence-corrected chi connectivity index (χ3v) is 5.69. The van der Waals surface area contributed by atoms with Gasteiger partial charge in [0, 0.05) is 42.2 Å². The van der Waals surface area contributed by atoms with Crippen LogP contribution in [0, 0.1) is 10.8 Å². The Kier molecular flexibility index (Phi) is 12.9. The first kappa shape index (κ1) is 29.0. The number of rotatable bonds is 12. The van der Waals surface area contributed by atoms with Gasteiger partial charge in [-0.2, -0.15) is 0 Å². The maximum absolute atomic E-state index is 12.7. The molecule has 0 radical (unpaired) electrons. The van der Waals surface area contributed by atoms with Crippen molar-refractivity contribution in [2.24, 2.45) is 10.8 Å². The van der Waals surface area contributed by atoms with Gasteiger partial charge in [0.15, 0.2) is 12.4 Å². The molecule has 4 heteroatoms. The summed E-state index contributed by atoms with van der Waals surface area (Å²) in [4.78, 5) is 25.4. The fraction of sp³-hybridized carbons (Fsp3) is 0.731. The van der Waals surface area contributed by atoms with Crippen LogP contribution in [-0.2, 0) is 16.1 Å². The van der Waals surface area contributed by atoms with Gasteiger partial charge in [-0.05, 0) is 17.9 Å². The number of aryl methyl sites for hydroxylation is 1. The Balaban J connectivity index is 0.00000841. The van der Waals surface area contributed by atoms with Crippen molar-refractivity contribution in [1.82, 2.24) is 0 Å². The summed E-state index contributed by atoms with van der Waals surface area (Å²) in [7, 11) is 0. The number of hydrogen-bond acceptors (Lipinski definition) is 2. The zero-order valence-corrected chi connectivity index (χ0v) is 22.0. The van der Waals surface area contributed by atoms with E-state index in [1.165, 1.54) is 38.5 Å². The zero-order chi connectivity index (χ0) is 22.1. The molecule has 0 saturated heterocycles. The van der Waals surface area contributed by atoms with Gasteiger partial charge in [-0.1, -0.05) is 74.1 Å². The third-order valence-electron chi connectivity index (χ3n) is 5.69. The lowest BCUT2D eigenvalue weighted by Crippen LogP contribution is -3.00. The smallest absolute Gasteiger partial charge is 0.169 e. The van der Waals surface area contributed by atoms with Gasteiger partial charge >= 0.3 is 0 Å². The fourth-order valence-electron chi connectivity index (χ4n) is 3.33. The zero-order valence-electron chi connectivity index (χ0n) is 20.4. The summed E-state index contributed by atoms with van der Waals surface area (Å²) in [5.41, 5.74) is 0.338. The van der Waals surface area contributed by atoms with Crippen molar-refractivity contribution in [1.29, 1.82) is 0 Å². The van der Waals surface area contributed by atoms with Crippen LogP contribution in [0.3, 0.4) is 0 Å². The first-order valence-electron chi connectivity index (χ1n) is 11.5. The summed E-state index contributed by atoms with van der Waals surface area (Å²) in [5, 5.41) is 0. The lowest BCUT2D eigenvalue weighted by molar-refractivity contribution is -0.697. The topological polar surface area (TPSA) is 38.0 Å². The Labute approximate surface area is 195 Å². The minimum Gasteiger partial charge on any atom is -1.00 e. The standard InChI is InChI=1S/C26H44NO2.BrH/c1-8-9-10-11-12-13-16-27-17-14-21(15-18-27)22(19-23(28)25(2,3)4)20-24(29)26(5,6)7;/h14-15,17-18,22H,8-13,16,19-20H2,1-7H3;1H/q+1;/p-1. The SMILES string of the molecule is CCCCCCCC[n+]1ccc(C(CC(=O)C(C)(C)C)CC(=O)C(C)(C)C)cc1.[Br-]. The second kappa shape index (κ2) is 13.4. The van der Waals surface area contributed by atoms with Crippen LogP contribution in [0.15, 0.2) is 24.5 Å². The van der Waals surface area contributed by atoms with Gasteiger partial charge in [-0.3, -0.25) is 9.59 Å². The highest BCUT2D eigenvalue weighted by molar-refractivity contribution is 5.87. The molecule has 1 rings (SSSR count). The van der Waals surface area contributed by atoms with Crippen molar-refractivity contribution >= 4 is 11.6 Å². The van der Waals surface area contributed by atoms with Crippen molar-refractivity contribution in [2.75, 3.05) is 0 Å². The third kappa shape index (κ3) is 10.8. The fourth-order valence-corrected chi connectivity index (χ4v) is 3.33. The first-order valence-corrected chi connectivity index (χ1v) is 11.5. The van der Waals surface area contributed by atoms with E-state index in [0.717, 1.165) is 12.1 Å². The van der Waals surface area contributed by atoms with Crippen molar-refractivity contribution in [3.8, 4) is 0 Å². The molecule has 0 unspecified atom stereocenters. The van der Waals surface area contributed by atoms with Gasteiger partial charge in [0.2, 0.25) is 0 Å². The normalized spacial score (nSPS) is 12.0. The lowest BCUT2D eigenvalue weighted by atomic mass is 9.78. The molecule has 0 aliphatic carbocycles. The van der Waals surface area contributed by atoms with E-state index in [1.54, 1.807) is 0 Å². The summed E-state index contributed by atoms with van der Waals surface area (Å²) in [6.07, 6.45) is 12.8. The monoisotopic (exact) mass is 481 g/mol. The minimum atomic E-state index is -0.379. The predicted octanol–water partition coefficient (Wildman–Crippen LogP) is 3.43. The Morgan fingerprint density at radius 2 is 1.23 bits per heavy atom. The Bertz CT molecular complexity index is 610. The largest absolute Gasteiger partial charge is 1.00 e. The van der Waals surface area contributed by atoms with E-state index in [1.807, 2.05) is 41.5 Å². The van der Waals surface area contributed by atoms with E-state index >= 15 is 0 Å². The highest BCUT2D eigenvalue weighted by Gasteiger charge is 2.30. The van der Waals surface area contributed by atoms with Gasteiger partial charge in [0.25, 0.3) is 0 Å². The van der Waals surface area contributed by atoms with E-state index in [2.05, 4.69) is 36.0 Å². The highest BCUT2D eigenvalue weighted by atomic mass is 79.9. The van der Waals surface area contributed by atoms with E-state index in [4.69, 9.17) is 0 Å². The molecular formula is C26H44BrNO2. The molecule has 30 heavy (non-hydrogen) atoms. The molecule has 0 saturated carbocycles. The number of pyridine rings is 1. The van der Waals surface area contributed by atoms with Crippen LogP contribution in [0.2, 0.25) is 0 Å². The molecule has 1 aromatic heterocycles. The molecule has 1 aromatic rings. The summed E-state index contributed by atoms with van der Waals surface area (Å²) in [6.45, 7) is 15.0. The van der Waals surface area contributed by atoms with Crippen LogP contribution in [0.5, 0.6) is 0 Å². The van der Waals surface area contributed by atoms with Gasteiger partial charge in [0.05, 0.1) is 0 Å². The molecule has 0 amide bonds. The number of carbonyl (C=O) groups is 2. The first-order chi connectivity index (χ1) is 13.4. The van der Waals surface area contributed by atoms with E-state index in [0.29, 0.717) is 12.8 Å². The molecule has 0 fully saturated rings. The van der Waals surface area contributed by atoms with Crippen LogP contribution in [0.1, 0.15) is 111 Å². The second-order valence-corrected chi connectivity index (χ2v) is 10.6. The van der Waals surface area contributed by atoms with Crippen LogP contribution in [0.4, 0.5) is 0 Å².